The van der Waals surface area contributed by atoms with Gasteiger partial charge in [-0.2, -0.15) is 0 Å². The Balaban J connectivity index is 1.30. The molecule has 0 bridgehead atoms. The third kappa shape index (κ3) is 4.72. The Morgan fingerprint density at radius 3 is 2.79 bits per heavy atom. The molecule has 0 atom stereocenters. The van der Waals surface area contributed by atoms with Crippen molar-refractivity contribution in [3.05, 3.63) is 59.7 Å². The van der Waals surface area contributed by atoms with Gasteiger partial charge in [0, 0.05) is 24.3 Å². The number of amidine groups is 1. The van der Waals surface area contributed by atoms with Gasteiger partial charge in [0.2, 0.25) is 0 Å². The van der Waals surface area contributed by atoms with Gasteiger partial charge in [-0.05, 0) is 42.7 Å². The Bertz CT molecular complexity index is 947. The lowest BCUT2D eigenvalue weighted by Gasteiger charge is -2.10. The highest BCUT2D eigenvalue weighted by Crippen LogP contribution is 2.23. The number of aromatic amines is 1. The first-order valence-electron chi connectivity index (χ1n) is 9.54. The van der Waals surface area contributed by atoms with E-state index in [1.54, 1.807) is 11.8 Å². The SMILES string of the molecule is O=C(NNC1=NCCCCC1)c1ccc(CSc2nc3ccccc3[nH]2)cc1. The Hall–Kier alpha value is -2.80. The maximum absolute atomic E-state index is 12.3. The minimum Gasteiger partial charge on any atom is -0.333 e. The van der Waals surface area contributed by atoms with E-state index in [-0.39, 0.29) is 5.91 Å². The minimum absolute atomic E-state index is 0.150. The molecule has 1 aliphatic heterocycles. The molecular weight excluding hydrogens is 370 g/mol. The second-order valence-electron chi connectivity index (χ2n) is 6.76. The molecule has 1 amide bonds. The van der Waals surface area contributed by atoms with Gasteiger partial charge in [0.15, 0.2) is 5.16 Å². The van der Waals surface area contributed by atoms with Gasteiger partial charge >= 0.3 is 0 Å². The van der Waals surface area contributed by atoms with Crippen molar-refractivity contribution in [2.24, 2.45) is 4.99 Å². The summed E-state index contributed by atoms with van der Waals surface area (Å²) in [7, 11) is 0. The van der Waals surface area contributed by atoms with Crippen molar-refractivity contribution >= 4 is 34.5 Å². The number of aliphatic imine (C=N–C) groups is 1. The summed E-state index contributed by atoms with van der Waals surface area (Å²) in [6.07, 6.45) is 4.31. The Morgan fingerprint density at radius 1 is 1.07 bits per heavy atom. The molecule has 1 aromatic heterocycles. The number of carbonyl (C=O) groups is 1. The zero-order chi connectivity index (χ0) is 19.2. The number of para-hydroxylation sites is 2. The monoisotopic (exact) mass is 393 g/mol. The van der Waals surface area contributed by atoms with Crippen LogP contribution in [0.1, 0.15) is 41.6 Å². The van der Waals surface area contributed by atoms with Crippen molar-refractivity contribution in [3.8, 4) is 0 Å². The number of H-pyrrole nitrogens is 1. The maximum atomic E-state index is 12.3. The minimum atomic E-state index is -0.150. The van der Waals surface area contributed by atoms with Crippen LogP contribution in [0.4, 0.5) is 0 Å². The summed E-state index contributed by atoms with van der Waals surface area (Å²) in [5, 5.41) is 0.899. The molecule has 28 heavy (non-hydrogen) atoms. The number of rotatable bonds is 4. The van der Waals surface area contributed by atoms with Crippen molar-refractivity contribution in [2.45, 2.75) is 36.6 Å². The summed E-state index contributed by atoms with van der Waals surface area (Å²) >= 11 is 1.65. The summed E-state index contributed by atoms with van der Waals surface area (Å²) < 4.78 is 0. The second kappa shape index (κ2) is 8.93. The molecule has 2 aromatic carbocycles. The number of amides is 1. The zero-order valence-electron chi connectivity index (χ0n) is 15.6. The molecule has 4 rings (SSSR count). The predicted octanol–water partition coefficient (Wildman–Crippen LogP) is 4.06. The lowest BCUT2D eigenvalue weighted by Crippen LogP contribution is -2.41. The molecule has 3 N–H and O–H groups in total. The second-order valence-corrected chi connectivity index (χ2v) is 7.73. The van der Waals surface area contributed by atoms with Crippen LogP contribution in [0.3, 0.4) is 0 Å². The number of hydrogen-bond donors (Lipinski definition) is 3. The molecule has 3 aromatic rings. The van der Waals surface area contributed by atoms with Gasteiger partial charge in [-0.25, -0.2) is 4.98 Å². The van der Waals surface area contributed by atoms with Crippen LogP contribution in [0.25, 0.3) is 11.0 Å². The van der Waals surface area contributed by atoms with Crippen molar-refractivity contribution < 1.29 is 4.79 Å². The Labute approximate surface area is 168 Å². The van der Waals surface area contributed by atoms with E-state index in [0.29, 0.717) is 5.56 Å². The molecule has 0 aliphatic carbocycles. The number of hydrazine groups is 1. The topological polar surface area (TPSA) is 82.2 Å². The molecule has 0 saturated carbocycles. The zero-order valence-corrected chi connectivity index (χ0v) is 16.4. The summed E-state index contributed by atoms with van der Waals surface area (Å²) in [5.41, 5.74) is 9.50. The molecule has 1 aliphatic rings. The molecule has 2 heterocycles. The summed E-state index contributed by atoms with van der Waals surface area (Å²) in [4.78, 5) is 24.7. The highest BCUT2D eigenvalue weighted by Gasteiger charge is 2.09. The molecule has 6 nitrogen and oxygen atoms in total. The van der Waals surface area contributed by atoms with Crippen LogP contribution >= 0.6 is 11.8 Å². The predicted molar refractivity (Wildman–Crippen MR) is 113 cm³/mol. The fraction of sp³-hybridized carbons (Fsp3) is 0.286. The van der Waals surface area contributed by atoms with Crippen molar-refractivity contribution in [3.63, 3.8) is 0 Å². The van der Waals surface area contributed by atoms with Crippen LogP contribution < -0.4 is 10.9 Å². The fourth-order valence-electron chi connectivity index (χ4n) is 3.08. The van der Waals surface area contributed by atoms with Crippen LogP contribution in [0.15, 0.2) is 58.7 Å². The third-order valence-electron chi connectivity index (χ3n) is 4.65. The van der Waals surface area contributed by atoms with E-state index in [0.717, 1.165) is 59.1 Å². The number of aromatic nitrogens is 2. The highest BCUT2D eigenvalue weighted by molar-refractivity contribution is 7.98. The van der Waals surface area contributed by atoms with E-state index in [2.05, 4.69) is 25.8 Å². The van der Waals surface area contributed by atoms with Crippen LogP contribution in [0.2, 0.25) is 0 Å². The average Bonchev–Trinajstić information content (AvgIpc) is 2.97. The average molecular weight is 394 g/mol. The molecule has 7 heteroatoms. The van der Waals surface area contributed by atoms with E-state index in [4.69, 9.17) is 0 Å². The van der Waals surface area contributed by atoms with Gasteiger partial charge < -0.3 is 4.98 Å². The van der Waals surface area contributed by atoms with Crippen LogP contribution in [0.5, 0.6) is 0 Å². The summed E-state index contributed by atoms with van der Waals surface area (Å²) in [6, 6.07) is 15.7. The smallest absolute Gasteiger partial charge is 0.269 e. The number of carbonyl (C=O) groups excluding carboxylic acids is 1. The van der Waals surface area contributed by atoms with Crippen LogP contribution in [0, 0.1) is 0 Å². The highest BCUT2D eigenvalue weighted by atomic mass is 32.2. The number of benzene rings is 2. The largest absolute Gasteiger partial charge is 0.333 e. The van der Waals surface area contributed by atoms with E-state index >= 15 is 0 Å². The van der Waals surface area contributed by atoms with Gasteiger partial charge in [0.1, 0.15) is 5.84 Å². The first-order valence-corrected chi connectivity index (χ1v) is 10.5. The number of thioether (sulfide) groups is 1. The number of nitrogens with zero attached hydrogens (tertiary/aromatic N) is 2. The van der Waals surface area contributed by atoms with Crippen molar-refractivity contribution in [2.75, 3.05) is 6.54 Å². The lowest BCUT2D eigenvalue weighted by atomic mass is 10.1. The van der Waals surface area contributed by atoms with Gasteiger partial charge in [-0.3, -0.25) is 20.6 Å². The Morgan fingerprint density at radius 2 is 1.93 bits per heavy atom. The maximum Gasteiger partial charge on any atom is 0.269 e. The van der Waals surface area contributed by atoms with Gasteiger partial charge in [0.25, 0.3) is 5.91 Å². The van der Waals surface area contributed by atoms with E-state index in [1.165, 1.54) is 6.42 Å². The molecule has 0 fully saturated rings. The first-order chi connectivity index (χ1) is 13.8. The van der Waals surface area contributed by atoms with E-state index in [1.807, 2.05) is 48.5 Å². The Kier molecular flexibility index (Phi) is 5.92. The lowest BCUT2D eigenvalue weighted by molar-refractivity contribution is 0.0943. The standard InChI is InChI=1S/C21H23N5OS/c27-20(26-25-19-8-2-1-5-13-22-19)16-11-9-15(10-12-16)14-28-21-23-17-6-3-4-7-18(17)24-21/h3-4,6-7,9-12H,1-2,5,8,13-14H2,(H,22,25)(H,23,24)(H,26,27). The number of fused-ring (bicyclic) bond motifs is 1. The number of nitrogens with one attached hydrogen (secondary N) is 3. The first kappa shape index (κ1) is 18.6. The van der Waals surface area contributed by atoms with Crippen LogP contribution in [-0.4, -0.2) is 28.3 Å². The molecule has 144 valence electrons. The molecule has 0 spiro atoms. The fourth-order valence-corrected chi connectivity index (χ4v) is 3.92. The van der Waals surface area contributed by atoms with Crippen molar-refractivity contribution in [1.82, 2.24) is 20.8 Å². The van der Waals surface area contributed by atoms with Crippen molar-refractivity contribution in [1.29, 1.82) is 0 Å². The van der Waals surface area contributed by atoms with E-state index in [9.17, 15) is 4.79 Å². The summed E-state index contributed by atoms with van der Waals surface area (Å²) in [6.45, 7) is 0.829. The van der Waals surface area contributed by atoms with Gasteiger partial charge in [0.05, 0.1) is 11.0 Å². The normalized spacial score (nSPS) is 14.4. The number of hydrogen-bond acceptors (Lipinski definition) is 5. The van der Waals surface area contributed by atoms with Gasteiger partial charge in [-0.1, -0.05) is 42.4 Å². The molecular formula is C21H23N5OS. The van der Waals surface area contributed by atoms with Gasteiger partial charge in [-0.15, -0.1) is 0 Å². The molecule has 0 radical (unpaired) electrons. The third-order valence-corrected chi connectivity index (χ3v) is 5.60. The summed E-state index contributed by atoms with van der Waals surface area (Å²) in [5.74, 6) is 1.50. The number of imidazole rings is 1. The quantitative estimate of drug-likeness (QED) is 0.461. The van der Waals surface area contributed by atoms with Crippen LogP contribution in [-0.2, 0) is 5.75 Å². The van der Waals surface area contributed by atoms with E-state index < -0.39 is 0 Å². The molecule has 0 unspecified atom stereocenters. The molecule has 0 saturated heterocycles.